The lowest BCUT2D eigenvalue weighted by molar-refractivity contribution is -0.145. The second kappa shape index (κ2) is 12.8. The molecule has 1 rings (SSSR count). The molecule has 8 heteroatoms. The number of rotatable bonds is 2. The van der Waals surface area contributed by atoms with E-state index in [1.807, 2.05) is 0 Å². The van der Waals surface area contributed by atoms with E-state index in [0.29, 0.717) is 0 Å². The van der Waals surface area contributed by atoms with Crippen LogP contribution in [0.3, 0.4) is 0 Å². The Hall–Kier alpha value is -1.22. The molecule has 0 radical (unpaired) electrons. The number of aliphatic hydroxyl groups excluding tert-OH is 1. The van der Waals surface area contributed by atoms with Crippen molar-refractivity contribution in [2.75, 3.05) is 32.7 Å². The maximum Gasteiger partial charge on any atom is 0.332 e. The number of aliphatic hydroxyl groups is 1. The van der Waals surface area contributed by atoms with Gasteiger partial charge in [-0.25, -0.2) is 4.79 Å². The molecule has 1 aliphatic heterocycles. The number of hydrogen-bond donors (Lipinski definition) is 6. The van der Waals surface area contributed by atoms with E-state index in [9.17, 15) is 9.59 Å². The molecule has 0 aromatic rings. The zero-order valence-electron chi connectivity index (χ0n) is 9.85. The predicted octanol–water partition coefficient (Wildman–Crippen LogP) is -2.34. The SMILES string of the molecule is C1CNCCN1.CC(O)C(=O)O.NCC(=O)O. The highest BCUT2D eigenvalue weighted by atomic mass is 16.4. The standard InChI is InChI=1S/C4H10N2.C3H6O3.C2H5NO2/c1-2-6-4-3-5-1;1-2(4)3(5)6;3-1-2(4)5/h5-6H,1-4H2;2,4H,1H3,(H,5,6);1,3H2,(H,4,5). The molecule has 1 heterocycles. The molecule has 0 aromatic heterocycles. The molecule has 1 atom stereocenters. The zero-order chi connectivity index (χ0) is 13.7. The Morgan fingerprint density at radius 2 is 1.41 bits per heavy atom. The molecule has 8 nitrogen and oxygen atoms in total. The first-order valence-corrected chi connectivity index (χ1v) is 5.16. The summed E-state index contributed by atoms with van der Waals surface area (Å²) in [5.74, 6) is -2.15. The van der Waals surface area contributed by atoms with Gasteiger partial charge in [0.1, 0.15) is 6.10 Å². The third kappa shape index (κ3) is 20.8. The highest BCUT2D eigenvalue weighted by Crippen LogP contribution is 1.73. The lowest BCUT2D eigenvalue weighted by atomic mass is 10.4. The number of carboxylic acid groups (broad SMARTS) is 2. The Balaban J connectivity index is 0. The lowest BCUT2D eigenvalue weighted by Gasteiger charge is -2.11. The summed E-state index contributed by atoms with van der Waals surface area (Å²) < 4.78 is 0. The lowest BCUT2D eigenvalue weighted by Crippen LogP contribution is -2.39. The molecule has 0 aliphatic carbocycles. The van der Waals surface area contributed by atoms with Gasteiger partial charge in [0, 0.05) is 26.2 Å². The summed E-state index contributed by atoms with van der Waals surface area (Å²) >= 11 is 0. The number of hydrogen-bond acceptors (Lipinski definition) is 6. The molecular formula is C9H21N3O5. The van der Waals surface area contributed by atoms with Crippen molar-refractivity contribution in [2.24, 2.45) is 5.73 Å². The Labute approximate surface area is 99.8 Å². The van der Waals surface area contributed by atoms with E-state index in [4.69, 9.17) is 15.3 Å². The van der Waals surface area contributed by atoms with Crippen molar-refractivity contribution in [3.63, 3.8) is 0 Å². The van der Waals surface area contributed by atoms with Gasteiger partial charge in [-0.05, 0) is 6.92 Å². The van der Waals surface area contributed by atoms with Gasteiger partial charge in [-0.15, -0.1) is 0 Å². The molecule has 0 saturated carbocycles. The first-order valence-electron chi connectivity index (χ1n) is 5.16. The fraction of sp³-hybridized carbons (Fsp3) is 0.778. The Morgan fingerprint density at radius 1 is 1.18 bits per heavy atom. The van der Waals surface area contributed by atoms with Crippen LogP contribution < -0.4 is 16.4 Å². The average Bonchev–Trinajstić information content (AvgIpc) is 2.32. The van der Waals surface area contributed by atoms with Crippen LogP contribution in [-0.4, -0.2) is 66.1 Å². The molecule has 102 valence electrons. The van der Waals surface area contributed by atoms with E-state index in [0.717, 1.165) is 26.2 Å². The summed E-state index contributed by atoms with van der Waals surface area (Å²) in [4.78, 5) is 18.7. The van der Waals surface area contributed by atoms with E-state index < -0.39 is 18.0 Å². The van der Waals surface area contributed by atoms with Crippen molar-refractivity contribution in [2.45, 2.75) is 13.0 Å². The van der Waals surface area contributed by atoms with E-state index in [-0.39, 0.29) is 6.54 Å². The van der Waals surface area contributed by atoms with Crippen LogP contribution in [0.5, 0.6) is 0 Å². The highest BCUT2D eigenvalue weighted by Gasteiger charge is 2.01. The normalized spacial score (nSPS) is 15.5. The Morgan fingerprint density at radius 3 is 1.47 bits per heavy atom. The minimum absolute atomic E-state index is 0.278. The van der Waals surface area contributed by atoms with Gasteiger partial charge in [-0.1, -0.05) is 0 Å². The number of piperazine rings is 1. The third-order valence-corrected chi connectivity index (χ3v) is 1.49. The van der Waals surface area contributed by atoms with Crippen molar-refractivity contribution in [1.29, 1.82) is 0 Å². The summed E-state index contributed by atoms with van der Waals surface area (Å²) in [6.07, 6.45) is -1.23. The number of carboxylic acids is 2. The van der Waals surface area contributed by atoms with Crippen LogP contribution in [0.15, 0.2) is 0 Å². The predicted molar refractivity (Wildman–Crippen MR) is 61.7 cm³/mol. The number of nitrogens with two attached hydrogens (primary N) is 1. The summed E-state index contributed by atoms with van der Waals surface area (Å²) in [6, 6.07) is 0. The van der Waals surface area contributed by atoms with E-state index in [1.54, 1.807) is 0 Å². The van der Waals surface area contributed by atoms with E-state index in [2.05, 4.69) is 16.4 Å². The summed E-state index contributed by atoms with van der Waals surface area (Å²) in [5.41, 5.74) is 4.57. The molecule has 0 amide bonds. The Bertz CT molecular complexity index is 195. The fourth-order valence-electron chi connectivity index (χ4n) is 0.604. The molecule has 0 aromatic carbocycles. The van der Waals surface area contributed by atoms with Crippen LogP contribution in [0.2, 0.25) is 0 Å². The molecule has 0 bridgehead atoms. The molecule has 7 N–H and O–H groups in total. The third-order valence-electron chi connectivity index (χ3n) is 1.49. The van der Waals surface area contributed by atoms with Crippen molar-refractivity contribution >= 4 is 11.9 Å². The maximum atomic E-state index is 9.45. The highest BCUT2D eigenvalue weighted by molar-refractivity contribution is 5.71. The molecule has 1 aliphatic rings. The molecule has 1 fully saturated rings. The van der Waals surface area contributed by atoms with Crippen LogP contribution in [0.1, 0.15) is 6.92 Å². The van der Waals surface area contributed by atoms with Crippen molar-refractivity contribution < 1.29 is 24.9 Å². The molecule has 0 spiro atoms. The summed E-state index contributed by atoms with van der Waals surface area (Å²) in [5, 5.41) is 29.8. The maximum absolute atomic E-state index is 9.45. The summed E-state index contributed by atoms with van der Waals surface area (Å²) in [7, 11) is 0. The second-order valence-electron chi connectivity index (χ2n) is 3.11. The van der Waals surface area contributed by atoms with Gasteiger partial charge in [-0.2, -0.15) is 0 Å². The quantitative estimate of drug-likeness (QED) is 0.320. The van der Waals surface area contributed by atoms with Crippen LogP contribution >= 0.6 is 0 Å². The van der Waals surface area contributed by atoms with E-state index in [1.165, 1.54) is 6.92 Å². The van der Waals surface area contributed by atoms with Gasteiger partial charge in [-0.3, -0.25) is 4.79 Å². The fourth-order valence-corrected chi connectivity index (χ4v) is 0.604. The van der Waals surface area contributed by atoms with Gasteiger partial charge >= 0.3 is 11.9 Å². The topological polar surface area (TPSA) is 145 Å². The van der Waals surface area contributed by atoms with Crippen molar-refractivity contribution in [3.05, 3.63) is 0 Å². The second-order valence-corrected chi connectivity index (χ2v) is 3.11. The minimum Gasteiger partial charge on any atom is -0.480 e. The first-order chi connectivity index (χ1) is 7.91. The van der Waals surface area contributed by atoms with Crippen LogP contribution in [-0.2, 0) is 9.59 Å². The smallest absolute Gasteiger partial charge is 0.332 e. The zero-order valence-corrected chi connectivity index (χ0v) is 9.85. The molecule has 1 unspecified atom stereocenters. The summed E-state index contributed by atoms with van der Waals surface area (Å²) in [6.45, 7) is 5.47. The molecular weight excluding hydrogens is 230 g/mol. The minimum atomic E-state index is -1.23. The number of nitrogens with one attached hydrogen (secondary N) is 2. The van der Waals surface area contributed by atoms with Gasteiger partial charge in [0.05, 0.1) is 6.54 Å². The largest absolute Gasteiger partial charge is 0.480 e. The van der Waals surface area contributed by atoms with Crippen molar-refractivity contribution in [3.8, 4) is 0 Å². The number of carbonyl (C=O) groups is 2. The molecule has 1 saturated heterocycles. The van der Waals surface area contributed by atoms with Gasteiger partial charge in [0.15, 0.2) is 0 Å². The monoisotopic (exact) mass is 251 g/mol. The van der Waals surface area contributed by atoms with Crippen LogP contribution in [0, 0.1) is 0 Å². The van der Waals surface area contributed by atoms with Gasteiger partial charge < -0.3 is 31.7 Å². The molecule has 17 heavy (non-hydrogen) atoms. The first kappa shape index (κ1) is 18.2. The number of aliphatic carboxylic acids is 2. The van der Waals surface area contributed by atoms with Gasteiger partial charge in [0.2, 0.25) is 0 Å². The van der Waals surface area contributed by atoms with Gasteiger partial charge in [0.25, 0.3) is 0 Å². The van der Waals surface area contributed by atoms with E-state index >= 15 is 0 Å². The van der Waals surface area contributed by atoms with Crippen LogP contribution in [0.4, 0.5) is 0 Å². The average molecular weight is 251 g/mol. The Kier molecular flexibility index (Phi) is 13.7. The van der Waals surface area contributed by atoms with Crippen molar-refractivity contribution in [1.82, 2.24) is 10.6 Å². The van der Waals surface area contributed by atoms with Crippen LogP contribution in [0.25, 0.3) is 0 Å².